The molecule has 0 spiro atoms. The number of rotatable bonds is 2. The molecule has 0 fully saturated rings. The molecule has 69 heavy (non-hydrogen) atoms. The number of fused-ring (bicyclic) bond motifs is 14. The van der Waals surface area contributed by atoms with Crippen molar-refractivity contribution in [2.75, 3.05) is 9.80 Å². The normalized spacial score (nSPS) is 14.1. The fourth-order valence-corrected chi connectivity index (χ4v) is 14.4. The predicted octanol–water partition coefficient (Wildman–Crippen LogP) is 16.6. The van der Waals surface area contributed by atoms with Gasteiger partial charge in [0.1, 0.15) is 0 Å². The van der Waals surface area contributed by atoms with Crippen molar-refractivity contribution in [2.24, 2.45) is 0 Å². The third-order valence-corrected chi connectivity index (χ3v) is 17.9. The first-order chi connectivity index (χ1) is 33.0. The SMILES string of the molecule is Cc1cc2c3c(c1)N1c4c(cc(C(C)(C)C)cc4-n4c5ccc(C(C)(C)C)cc5c5cc(C(C)(C)C)cc1c54)B3c1sc3ccc(-c4ccccc4)cc3c1N2c1ccc2c(c1)sc1ccccc12. The van der Waals surface area contributed by atoms with E-state index in [1.165, 1.54) is 141 Å². The van der Waals surface area contributed by atoms with Crippen LogP contribution in [0.2, 0.25) is 0 Å². The molecule has 0 radical (unpaired) electrons. The predicted molar refractivity (Wildman–Crippen MR) is 303 cm³/mol. The highest BCUT2D eigenvalue weighted by atomic mass is 32.1. The van der Waals surface area contributed by atoms with Gasteiger partial charge in [-0.25, -0.2) is 0 Å². The summed E-state index contributed by atoms with van der Waals surface area (Å²) < 4.78 is 8.01. The second kappa shape index (κ2) is 13.8. The van der Waals surface area contributed by atoms with Gasteiger partial charge >= 0.3 is 0 Å². The summed E-state index contributed by atoms with van der Waals surface area (Å²) in [7, 11) is 0. The summed E-state index contributed by atoms with van der Waals surface area (Å²) >= 11 is 3.89. The third-order valence-electron chi connectivity index (χ3n) is 15.5. The Morgan fingerprint density at radius 3 is 1.87 bits per heavy atom. The van der Waals surface area contributed by atoms with Crippen LogP contribution >= 0.6 is 22.7 Å². The van der Waals surface area contributed by atoms with Gasteiger partial charge in [-0.3, -0.25) is 0 Å². The Bertz CT molecular complexity index is 4050. The fraction of sp³-hybridized carbons (Fsp3) is 0.206. The second-order valence-corrected chi connectivity index (χ2v) is 25.3. The smallest absolute Gasteiger partial charge is 0.264 e. The maximum atomic E-state index is 2.71. The molecule has 3 aliphatic rings. The van der Waals surface area contributed by atoms with Crippen LogP contribution in [0.25, 0.3) is 68.9 Å². The molecule has 14 rings (SSSR count). The lowest BCUT2D eigenvalue weighted by Crippen LogP contribution is -2.61. The fourth-order valence-electron chi connectivity index (χ4n) is 12.0. The molecule has 0 unspecified atom stereocenters. The molecule has 0 aliphatic carbocycles. The minimum atomic E-state index is -0.0987. The van der Waals surface area contributed by atoms with E-state index in [0.29, 0.717) is 0 Å². The first-order valence-electron chi connectivity index (χ1n) is 24.6. The Hall–Kier alpha value is -6.60. The maximum Gasteiger partial charge on any atom is 0.264 e. The molecular formula is C63H54BN3S2. The quantitative estimate of drug-likeness (QED) is 0.160. The van der Waals surface area contributed by atoms with Crippen LogP contribution in [0.3, 0.4) is 0 Å². The van der Waals surface area contributed by atoms with Crippen LogP contribution in [0.5, 0.6) is 0 Å². The summed E-state index contributed by atoms with van der Waals surface area (Å²) in [5, 5.41) is 6.61. The van der Waals surface area contributed by atoms with Crippen molar-refractivity contribution in [3.05, 3.63) is 168 Å². The van der Waals surface area contributed by atoms with Crippen molar-refractivity contribution in [3.8, 4) is 16.8 Å². The largest absolute Gasteiger partial charge is 0.310 e. The van der Waals surface area contributed by atoms with Gasteiger partial charge in [-0.1, -0.05) is 135 Å². The second-order valence-electron chi connectivity index (χ2n) is 23.1. The molecule has 0 saturated carbocycles. The number of anilines is 6. The Balaban J connectivity index is 1.14. The number of thiophene rings is 2. The average molecular weight is 928 g/mol. The first kappa shape index (κ1) is 41.4. The number of nitrogens with zero attached hydrogens (tertiary/aromatic N) is 3. The van der Waals surface area contributed by atoms with E-state index in [9.17, 15) is 0 Å². The number of aromatic nitrogens is 1. The number of hydrogen-bond acceptors (Lipinski definition) is 4. The molecule has 3 nitrogen and oxygen atoms in total. The van der Waals surface area contributed by atoms with Gasteiger partial charge in [-0.2, -0.15) is 0 Å². The lowest BCUT2D eigenvalue weighted by Gasteiger charge is -2.46. The van der Waals surface area contributed by atoms with E-state index in [1.807, 2.05) is 22.7 Å². The number of benzene rings is 8. The van der Waals surface area contributed by atoms with Gasteiger partial charge in [0.15, 0.2) is 0 Å². The molecule has 6 heterocycles. The van der Waals surface area contributed by atoms with Crippen molar-refractivity contribution in [3.63, 3.8) is 0 Å². The molecule has 8 aromatic carbocycles. The van der Waals surface area contributed by atoms with Crippen LogP contribution in [0.4, 0.5) is 34.1 Å². The van der Waals surface area contributed by atoms with E-state index in [2.05, 4.69) is 229 Å². The van der Waals surface area contributed by atoms with Crippen molar-refractivity contribution in [2.45, 2.75) is 85.5 Å². The highest BCUT2D eigenvalue weighted by Gasteiger charge is 2.48. The Labute approximate surface area is 413 Å². The van der Waals surface area contributed by atoms with E-state index in [1.54, 1.807) is 0 Å². The number of hydrogen-bond donors (Lipinski definition) is 0. The van der Waals surface area contributed by atoms with Gasteiger partial charge in [0.05, 0.1) is 33.8 Å². The molecule has 0 saturated heterocycles. The Morgan fingerprint density at radius 1 is 0.435 bits per heavy atom. The van der Waals surface area contributed by atoms with E-state index in [-0.39, 0.29) is 23.0 Å². The molecule has 336 valence electrons. The van der Waals surface area contributed by atoms with Gasteiger partial charge < -0.3 is 14.4 Å². The van der Waals surface area contributed by atoms with Crippen LogP contribution in [-0.4, -0.2) is 11.3 Å². The van der Waals surface area contributed by atoms with Crippen LogP contribution < -0.4 is 25.5 Å². The van der Waals surface area contributed by atoms with Crippen LogP contribution in [0.1, 0.15) is 84.6 Å². The van der Waals surface area contributed by atoms with Gasteiger partial charge in [0.25, 0.3) is 6.71 Å². The van der Waals surface area contributed by atoms with Gasteiger partial charge in [-0.05, 0) is 140 Å². The van der Waals surface area contributed by atoms with E-state index >= 15 is 0 Å². The highest BCUT2D eigenvalue weighted by Crippen LogP contribution is 2.56. The van der Waals surface area contributed by atoms with E-state index in [4.69, 9.17) is 0 Å². The highest BCUT2D eigenvalue weighted by molar-refractivity contribution is 7.33. The summed E-state index contributed by atoms with van der Waals surface area (Å²) in [5.41, 5.74) is 21.9. The summed E-state index contributed by atoms with van der Waals surface area (Å²) in [4.78, 5) is 5.37. The van der Waals surface area contributed by atoms with Gasteiger partial charge in [0, 0.05) is 62.9 Å². The minimum absolute atomic E-state index is 0.0111. The molecule has 3 aromatic heterocycles. The number of aryl methyl sites for hydroxylation is 1. The molecular weight excluding hydrogens is 874 g/mol. The molecule has 6 heteroatoms. The van der Waals surface area contributed by atoms with Gasteiger partial charge in [0.2, 0.25) is 0 Å². The lowest BCUT2D eigenvalue weighted by molar-refractivity contribution is 0.590. The molecule has 0 amide bonds. The Kier molecular flexibility index (Phi) is 8.28. The van der Waals surface area contributed by atoms with Crippen molar-refractivity contribution < 1.29 is 0 Å². The zero-order valence-electron chi connectivity index (χ0n) is 41.1. The summed E-state index contributed by atoms with van der Waals surface area (Å²) in [6.45, 7) is 23.6. The monoisotopic (exact) mass is 927 g/mol. The summed E-state index contributed by atoms with van der Waals surface area (Å²) in [5.74, 6) is 0. The zero-order valence-corrected chi connectivity index (χ0v) is 42.7. The standard InChI is InChI=1S/C63H54BN3S2/c1-35-26-49-56-50(27-35)67-51-32-39(62(5,6)7)30-45-44-29-38(61(2,3)4)21-24-48(44)66(57(45)51)52-33-40(63(8,9)10)31-47(59(52)67)64(56)60-58(46-28-37(20-25-54(46)69-60)36-16-12-11-13-17-36)65(49)41-22-23-43-42-18-14-15-19-53(42)68-55(43)34-41/h11-34H,1-10H3. The van der Waals surface area contributed by atoms with Gasteiger partial charge in [-0.15, -0.1) is 22.7 Å². The van der Waals surface area contributed by atoms with Crippen LogP contribution in [-0.2, 0) is 16.2 Å². The topological polar surface area (TPSA) is 11.4 Å². The first-order valence-corrected chi connectivity index (χ1v) is 26.2. The molecule has 0 N–H and O–H groups in total. The molecule has 11 aromatic rings. The zero-order chi connectivity index (χ0) is 47.2. The lowest BCUT2D eigenvalue weighted by atomic mass is 9.35. The third kappa shape index (κ3) is 5.79. The minimum Gasteiger partial charge on any atom is -0.310 e. The summed E-state index contributed by atoms with van der Waals surface area (Å²) in [6, 6.07) is 56.7. The Morgan fingerprint density at radius 2 is 1.10 bits per heavy atom. The van der Waals surface area contributed by atoms with Crippen LogP contribution in [0.15, 0.2) is 146 Å². The van der Waals surface area contributed by atoms with E-state index < -0.39 is 0 Å². The molecule has 3 aliphatic heterocycles. The molecule has 0 atom stereocenters. The van der Waals surface area contributed by atoms with Crippen LogP contribution in [0, 0.1) is 6.92 Å². The van der Waals surface area contributed by atoms with E-state index in [0.717, 1.165) is 0 Å². The van der Waals surface area contributed by atoms with Crippen molar-refractivity contribution in [1.29, 1.82) is 0 Å². The van der Waals surface area contributed by atoms with Crippen molar-refractivity contribution >= 4 is 131 Å². The molecule has 0 bridgehead atoms. The maximum absolute atomic E-state index is 2.71. The summed E-state index contributed by atoms with van der Waals surface area (Å²) in [6.07, 6.45) is 0. The average Bonchev–Trinajstić information content (AvgIpc) is 3.99. The van der Waals surface area contributed by atoms with Crippen molar-refractivity contribution in [1.82, 2.24) is 4.57 Å².